The number of hydrogen-bond donors (Lipinski definition) is 0. The van der Waals surface area contributed by atoms with E-state index in [0.29, 0.717) is 40.9 Å². The zero-order chi connectivity index (χ0) is 14.8. The maximum atomic E-state index is 12.6. The molecule has 21 heavy (non-hydrogen) atoms. The summed E-state index contributed by atoms with van der Waals surface area (Å²) in [5.74, 6) is 1.06. The van der Waals surface area contributed by atoms with Crippen molar-refractivity contribution in [3.05, 3.63) is 58.1 Å². The molecule has 3 nitrogen and oxygen atoms in total. The van der Waals surface area contributed by atoms with Crippen LogP contribution in [-0.4, -0.2) is 19.0 Å². The Hall–Kier alpha value is -2.00. The molecule has 0 fully saturated rings. The molecule has 0 radical (unpaired) electrons. The van der Waals surface area contributed by atoms with Gasteiger partial charge in [-0.25, -0.2) is 0 Å². The first kappa shape index (κ1) is 14.0. The fourth-order valence-corrected chi connectivity index (χ4v) is 2.54. The van der Waals surface area contributed by atoms with Crippen LogP contribution in [0.25, 0.3) is 0 Å². The fourth-order valence-electron chi connectivity index (χ4n) is 2.30. The number of benzene rings is 2. The molecule has 0 atom stereocenters. The van der Waals surface area contributed by atoms with E-state index in [1.54, 1.807) is 18.2 Å². The van der Waals surface area contributed by atoms with Crippen LogP contribution < -0.4 is 9.47 Å². The molecule has 4 heteroatoms. The standard InChI is InChI=1S/C17H15ClO3/c1-11-4-2-5-12(8-11)17(19)13-9-15-16(10-14(13)18)21-7-3-6-20-15/h2,4-5,8-10H,3,6-7H2,1H3. The SMILES string of the molecule is Cc1cccc(C(=O)c2cc3c(cc2Cl)OCCCO3)c1. The Kier molecular flexibility index (Phi) is 3.84. The van der Waals surface area contributed by atoms with E-state index in [0.717, 1.165) is 12.0 Å². The molecule has 1 aliphatic heterocycles. The third-order valence-corrected chi connectivity index (χ3v) is 3.67. The first-order valence-electron chi connectivity index (χ1n) is 6.85. The minimum absolute atomic E-state index is 0.112. The van der Waals surface area contributed by atoms with Gasteiger partial charge in [-0.3, -0.25) is 4.79 Å². The molecular weight excluding hydrogens is 288 g/mol. The average molecular weight is 303 g/mol. The number of hydrogen-bond acceptors (Lipinski definition) is 3. The molecular formula is C17H15ClO3. The number of ketones is 1. The number of halogens is 1. The van der Waals surface area contributed by atoms with E-state index in [4.69, 9.17) is 21.1 Å². The van der Waals surface area contributed by atoms with Crippen LogP contribution in [0.5, 0.6) is 11.5 Å². The van der Waals surface area contributed by atoms with Gasteiger partial charge in [-0.1, -0.05) is 35.4 Å². The van der Waals surface area contributed by atoms with Crippen molar-refractivity contribution in [1.82, 2.24) is 0 Å². The number of ether oxygens (including phenoxy) is 2. The first-order valence-corrected chi connectivity index (χ1v) is 7.23. The fraction of sp³-hybridized carbons (Fsp3) is 0.235. The maximum absolute atomic E-state index is 12.6. The monoisotopic (exact) mass is 302 g/mol. The number of fused-ring (bicyclic) bond motifs is 1. The Morgan fingerprint density at radius 2 is 1.81 bits per heavy atom. The minimum Gasteiger partial charge on any atom is -0.490 e. The van der Waals surface area contributed by atoms with E-state index < -0.39 is 0 Å². The summed E-state index contributed by atoms with van der Waals surface area (Å²) in [5, 5.41) is 0.380. The van der Waals surface area contributed by atoms with Crippen molar-refractivity contribution in [2.75, 3.05) is 13.2 Å². The van der Waals surface area contributed by atoms with Gasteiger partial charge >= 0.3 is 0 Å². The molecule has 0 amide bonds. The van der Waals surface area contributed by atoms with E-state index >= 15 is 0 Å². The second-order valence-corrected chi connectivity index (χ2v) is 5.44. The number of carbonyl (C=O) groups is 1. The van der Waals surface area contributed by atoms with Gasteiger partial charge in [-0.15, -0.1) is 0 Å². The summed E-state index contributed by atoms with van der Waals surface area (Å²) >= 11 is 6.24. The van der Waals surface area contributed by atoms with Crippen LogP contribution in [0.4, 0.5) is 0 Å². The van der Waals surface area contributed by atoms with E-state index in [9.17, 15) is 4.79 Å². The second-order valence-electron chi connectivity index (χ2n) is 5.03. The van der Waals surface area contributed by atoms with E-state index in [1.807, 2.05) is 25.1 Å². The molecule has 108 valence electrons. The summed E-state index contributed by atoms with van der Waals surface area (Å²) in [6.07, 6.45) is 0.813. The van der Waals surface area contributed by atoms with Crippen LogP contribution in [0.15, 0.2) is 36.4 Å². The van der Waals surface area contributed by atoms with Crippen LogP contribution in [0, 0.1) is 6.92 Å². The van der Waals surface area contributed by atoms with Gasteiger partial charge in [0.05, 0.1) is 18.2 Å². The minimum atomic E-state index is -0.112. The van der Waals surface area contributed by atoms with Crippen molar-refractivity contribution in [1.29, 1.82) is 0 Å². The van der Waals surface area contributed by atoms with Crippen molar-refractivity contribution >= 4 is 17.4 Å². The van der Waals surface area contributed by atoms with Crippen LogP contribution in [0.1, 0.15) is 27.9 Å². The Morgan fingerprint density at radius 3 is 2.52 bits per heavy atom. The summed E-state index contributed by atoms with van der Waals surface area (Å²) in [6.45, 7) is 3.12. The molecule has 0 saturated heterocycles. The Balaban J connectivity index is 2.02. The van der Waals surface area contributed by atoms with Crippen LogP contribution in [0.3, 0.4) is 0 Å². The van der Waals surface area contributed by atoms with Crippen molar-refractivity contribution in [3.8, 4) is 11.5 Å². The quantitative estimate of drug-likeness (QED) is 0.785. The molecule has 1 heterocycles. The highest BCUT2D eigenvalue weighted by Crippen LogP contribution is 2.35. The van der Waals surface area contributed by atoms with E-state index in [-0.39, 0.29) is 5.78 Å². The molecule has 0 unspecified atom stereocenters. The summed E-state index contributed by atoms with van der Waals surface area (Å²) < 4.78 is 11.2. The third-order valence-electron chi connectivity index (χ3n) is 3.36. The average Bonchev–Trinajstić information content (AvgIpc) is 2.70. The smallest absolute Gasteiger partial charge is 0.194 e. The highest BCUT2D eigenvalue weighted by atomic mass is 35.5. The lowest BCUT2D eigenvalue weighted by Gasteiger charge is -2.11. The summed E-state index contributed by atoms with van der Waals surface area (Å²) in [7, 11) is 0. The molecule has 0 N–H and O–H groups in total. The van der Waals surface area contributed by atoms with E-state index in [1.165, 1.54) is 0 Å². The largest absolute Gasteiger partial charge is 0.490 e. The Labute approximate surface area is 128 Å². The topological polar surface area (TPSA) is 35.5 Å². The summed E-state index contributed by atoms with van der Waals surface area (Å²) in [4.78, 5) is 12.6. The van der Waals surface area contributed by atoms with Gasteiger partial charge in [0, 0.05) is 23.6 Å². The highest BCUT2D eigenvalue weighted by Gasteiger charge is 2.19. The first-order chi connectivity index (χ1) is 10.1. The van der Waals surface area contributed by atoms with Crippen molar-refractivity contribution in [2.24, 2.45) is 0 Å². The van der Waals surface area contributed by atoms with Gasteiger partial charge in [-0.05, 0) is 19.1 Å². The number of aryl methyl sites for hydroxylation is 1. The molecule has 0 spiro atoms. The molecule has 3 rings (SSSR count). The molecule has 0 bridgehead atoms. The maximum Gasteiger partial charge on any atom is 0.194 e. The van der Waals surface area contributed by atoms with Crippen LogP contribution in [0.2, 0.25) is 5.02 Å². The van der Waals surface area contributed by atoms with Gasteiger partial charge in [0.25, 0.3) is 0 Å². The zero-order valence-electron chi connectivity index (χ0n) is 11.7. The molecule has 0 saturated carbocycles. The van der Waals surface area contributed by atoms with Crippen molar-refractivity contribution in [3.63, 3.8) is 0 Å². The molecule has 1 aliphatic rings. The third kappa shape index (κ3) is 2.88. The van der Waals surface area contributed by atoms with Gasteiger partial charge in [0.15, 0.2) is 17.3 Å². The van der Waals surface area contributed by atoms with Gasteiger partial charge in [-0.2, -0.15) is 0 Å². The number of rotatable bonds is 2. The second kappa shape index (κ2) is 5.78. The molecule has 2 aromatic rings. The lowest BCUT2D eigenvalue weighted by molar-refractivity contribution is 0.103. The van der Waals surface area contributed by atoms with Crippen LogP contribution in [-0.2, 0) is 0 Å². The van der Waals surface area contributed by atoms with Gasteiger partial charge < -0.3 is 9.47 Å². The van der Waals surface area contributed by atoms with Crippen LogP contribution >= 0.6 is 11.6 Å². The normalized spacial score (nSPS) is 13.6. The Morgan fingerprint density at radius 1 is 1.10 bits per heavy atom. The predicted molar refractivity (Wildman–Crippen MR) is 81.7 cm³/mol. The molecule has 0 aromatic heterocycles. The summed E-state index contributed by atoms with van der Waals surface area (Å²) in [6, 6.07) is 10.8. The van der Waals surface area contributed by atoms with E-state index in [2.05, 4.69) is 0 Å². The van der Waals surface area contributed by atoms with Gasteiger partial charge in [0.2, 0.25) is 0 Å². The predicted octanol–water partition coefficient (Wildman–Crippen LogP) is 4.04. The van der Waals surface area contributed by atoms with Gasteiger partial charge in [0.1, 0.15) is 0 Å². The lowest BCUT2D eigenvalue weighted by atomic mass is 10.0. The zero-order valence-corrected chi connectivity index (χ0v) is 12.4. The molecule has 2 aromatic carbocycles. The Bertz CT molecular complexity index is 694. The molecule has 0 aliphatic carbocycles. The number of carbonyl (C=O) groups excluding carboxylic acids is 1. The summed E-state index contributed by atoms with van der Waals surface area (Å²) in [5.41, 5.74) is 2.09. The van der Waals surface area contributed by atoms with Crippen molar-refractivity contribution < 1.29 is 14.3 Å². The lowest BCUT2D eigenvalue weighted by Crippen LogP contribution is -2.04. The highest BCUT2D eigenvalue weighted by molar-refractivity contribution is 6.35. The van der Waals surface area contributed by atoms with Crippen molar-refractivity contribution in [2.45, 2.75) is 13.3 Å².